The maximum atomic E-state index is 11.7. The Bertz CT molecular complexity index is 337. The number of nitrogens with zero attached hydrogens (tertiary/aromatic N) is 2. The topological polar surface area (TPSA) is 102 Å². The van der Waals surface area contributed by atoms with Gasteiger partial charge in [0.25, 0.3) is 0 Å². The fourth-order valence-electron chi connectivity index (χ4n) is 2.13. The van der Waals surface area contributed by atoms with Crippen LogP contribution in [0.25, 0.3) is 0 Å². The molecule has 1 aliphatic carbocycles. The number of oxime groups is 1. The first-order valence-corrected chi connectivity index (χ1v) is 6.67. The minimum Gasteiger partial charge on any atom is -0.458 e. The van der Waals surface area contributed by atoms with E-state index in [1.54, 1.807) is 0 Å². The molecule has 0 spiro atoms. The minimum atomic E-state index is -0.601. The number of carbonyl (C=O) groups is 1. The van der Waals surface area contributed by atoms with Crippen molar-refractivity contribution in [1.82, 2.24) is 0 Å². The molecule has 0 atom stereocenters. The van der Waals surface area contributed by atoms with E-state index in [1.807, 2.05) is 0 Å². The van der Waals surface area contributed by atoms with Gasteiger partial charge in [0.05, 0.1) is 0 Å². The van der Waals surface area contributed by atoms with Crippen LogP contribution in [0.2, 0.25) is 0 Å². The summed E-state index contributed by atoms with van der Waals surface area (Å²) in [7, 11) is 0. The molecule has 0 aliphatic heterocycles. The van der Waals surface area contributed by atoms with Gasteiger partial charge in [0.2, 0.25) is 6.54 Å². The van der Waals surface area contributed by atoms with E-state index in [0.717, 1.165) is 32.1 Å². The van der Waals surface area contributed by atoms with Crippen molar-refractivity contribution in [1.29, 1.82) is 0 Å². The molecule has 1 fully saturated rings. The molecular weight excluding hydrogens is 252 g/mol. The van der Waals surface area contributed by atoms with Crippen LogP contribution in [0.3, 0.4) is 0 Å². The third-order valence-electron chi connectivity index (χ3n) is 3.19. The van der Waals surface area contributed by atoms with E-state index < -0.39 is 10.9 Å². The van der Waals surface area contributed by atoms with Crippen LogP contribution in [-0.4, -0.2) is 34.5 Å². The van der Waals surface area contributed by atoms with Crippen LogP contribution in [0, 0.1) is 10.1 Å². The van der Waals surface area contributed by atoms with Crippen molar-refractivity contribution in [3.05, 3.63) is 10.1 Å². The second-order valence-corrected chi connectivity index (χ2v) is 4.73. The van der Waals surface area contributed by atoms with Crippen molar-refractivity contribution in [2.45, 2.75) is 57.5 Å². The summed E-state index contributed by atoms with van der Waals surface area (Å²) in [6.07, 6.45) is 5.86. The number of nitro groups is 1. The first-order chi connectivity index (χ1) is 9.13. The summed E-state index contributed by atoms with van der Waals surface area (Å²) >= 11 is 0. The third-order valence-corrected chi connectivity index (χ3v) is 3.19. The van der Waals surface area contributed by atoms with Crippen molar-refractivity contribution < 1.29 is 19.7 Å². The summed E-state index contributed by atoms with van der Waals surface area (Å²) in [5.74, 6) is -0.601. The van der Waals surface area contributed by atoms with E-state index in [1.165, 1.54) is 0 Å². The Kier molecular flexibility index (Phi) is 6.84. The number of carbonyl (C=O) groups excluding carboxylic acids is 1. The zero-order chi connectivity index (χ0) is 14.1. The minimum absolute atomic E-state index is 0.0473. The summed E-state index contributed by atoms with van der Waals surface area (Å²) in [4.78, 5) is 21.5. The zero-order valence-electron chi connectivity index (χ0n) is 10.9. The number of hydrogen-bond acceptors (Lipinski definition) is 6. The van der Waals surface area contributed by atoms with E-state index >= 15 is 0 Å². The van der Waals surface area contributed by atoms with Crippen LogP contribution < -0.4 is 0 Å². The highest BCUT2D eigenvalue weighted by Crippen LogP contribution is 2.20. The van der Waals surface area contributed by atoms with Gasteiger partial charge >= 0.3 is 5.97 Å². The molecule has 0 radical (unpaired) electrons. The Hall–Kier alpha value is -1.66. The van der Waals surface area contributed by atoms with Gasteiger partial charge < -0.3 is 9.94 Å². The lowest BCUT2D eigenvalue weighted by molar-refractivity contribution is -0.480. The fraction of sp³-hybridized carbons (Fsp3) is 0.833. The van der Waals surface area contributed by atoms with Gasteiger partial charge in [-0.25, -0.2) is 4.79 Å². The summed E-state index contributed by atoms with van der Waals surface area (Å²) in [5.41, 5.74) is -0.0473. The Morgan fingerprint density at radius 1 is 1.32 bits per heavy atom. The quantitative estimate of drug-likeness (QED) is 0.191. The highest BCUT2D eigenvalue weighted by atomic mass is 16.6. The molecule has 1 rings (SSSR count). The second kappa shape index (κ2) is 8.44. The van der Waals surface area contributed by atoms with E-state index in [0.29, 0.717) is 12.8 Å². The Balaban J connectivity index is 2.28. The molecule has 1 aliphatic rings. The molecule has 0 heterocycles. The molecule has 0 unspecified atom stereocenters. The van der Waals surface area contributed by atoms with E-state index in [2.05, 4.69) is 5.16 Å². The van der Waals surface area contributed by atoms with Crippen LogP contribution in [0.15, 0.2) is 5.16 Å². The van der Waals surface area contributed by atoms with Gasteiger partial charge in [-0.15, -0.1) is 0 Å². The Labute approximate surface area is 111 Å². The molecule has 0 amide bonds. The van der Waals surface area contributed by atoms with Crippen LogP contribution >= 0.6 is 0 Å². The maximum absolute atomic E-state index is 11.7. The number of esters is 1. The number of unbranched alkanes of at least 4 members (excludes halogenated alkanes) is 1. The third kappa shape index (κ3) is 6.17. The van der Waals surface area contributed by atoms with E-state index in [4.69, 9.17) is 9.94 Å². The van der Waals surface area contributed by atoms with Gasteiger partial charge in [-0.2, -0.15) is 0 Å². The standard InChI is InChI=1S/C12H20N2O5/c15-12(19-10-6-2-1-3-7-10)11(13-16)8-4-5-9-14(17)18/h10,16H,1-9H2/b13-11+. The molecule has 0 saturated heterocycles. The zero-order valence-corrected chi connectivity index (χ0v) is 10.9. The normalized spacial score (nSPS) is 17.2. The average molecular weight is 272 g/mol. The van der Waals surface area contributed by atoms with E-state index in [9.17, 15) is 14.9 Å². The van der Waals surface area contributed by atoms with Crippen molar-refractivity contribution in [3.63, 3.8) is 0 Å². The number of ether oxygens (including phenoxy) is 1. The van der Waals surface area contributed by atoms with Gasteiger partial charge in [0, 0.05) is 17.8 Å². The molecule has 7 heteroatoms. The summed E-state index contributed by atoms with van der Waals surface area (Å²) in [5, 5.41) is 21.9. The lowest BCUT2D eigenvalue weighted by Gasteiger charge is -2.21. The molecule has 1 saturated carbocycles. The lowest BCUT2D eigenvalue weighted by atomic mass is 9.98. The summed E-state index contributed by atoms with van der Waals surface area (Å²) in [6.45, 7) is -0.142. The van der Waals surface area contributed by atoms with Crippen molar-refractivity contribution in [2.24, 2.45) is 5.16 Å². The highest BCUT2D eigenvalue weighted by Gasteiger charge is 2.21. The first kappa shape index (κ1) is 15.4. The smallest absolute Gasteiger partial charge is 0.356 e. The fourth-order valence-corrected chi connectivity index (χ4v) is 2.13. The Morgan fingerprint density at radius 2 is 2.00 bits per heavy atom. The van der Waals surface area contributed by atoms with Crippen molar-refractivity contribution in [3.8, 4) is 0 Å². The number of hydrogen-bond donors (Lipinski definition) is 1. The van der Waals surface area contributed by atoms with Crippen molar-refractivity contribution >= 4 is 11.7 Å². The predicted molar refractivity (Wildman–Crippen MR) is 67.9 cm³/mol. The molecule has 7 nitrogen and oxygen atoms in total. The van der Waals surface area contributed by atoms with Gasteiger partial charge in [0.15, 0.2) is 5.71 Å². The van der Waals surface area contributed by atoms with Crippen LogP contribution in [0.4, 0.5) is 0 Å². The van der Waals surface area contributed by atoms with Crippen LogP contribution in [0.5, 0.6) is 0 Å². The lowest BCUT2D eigenvalue weighted by Crippen LogP contribution is -2.26. The predicted octanol–water partition coefficient (Wildman–Crippen LogP) is 2.14. The highest BCUT2D eigenvalue weighted by molar-refractivity contribution is 6.36. The molecule has 1 N–H and O–H groups in total. The molecule has 19 heavy (non-hydrogen) atoms. The van der Waals surface area contributed by atoms with Gasteiger partial charge in [0.1, 0.15) is 6.10 Å². The summed E-state index contributed by atoms with van der Waals surface area (Å²) in [6, 6.07) is 0. The average Bonchev–Trinajstić information content (AvgIpc) is 2.39. The maximum Gasteiger partial charge on any atom is 0.356 e. The number of rotatable bonds is 7. The molecule has 0 aromatic carbocycles. The molecule has 0 aromatic heterocycles. The van der Waals surface area contributed by atoms with Crippen molar-refractivity contribution in [2.75, 3.05) is 6.54 Å². The molecule has 0 aromatic rings. The van der Waals surface area contributed by atoms with Gasteiger partial charge in [-0.3, -0.25) is 10.1 Å². The van der Waals surface area contributed by atoms with Crippen LogP contribution in [0.1, 0.15) is 51.4 Å². The van der Waals surface area contributed by atoms with Gasteiger partial charge in [-0.1, -0.05) is 11.6 Å². The monoisotopic (exact) mass is 272 g/mol. The molecule has 108 valence electrons. The SMILES string of the molecule is O=C(OC1CCCCC1)/C(CCCC[N+](=O)[O-])=N/O. The van der Waals surface area contributed by atoms with E-state index in [-0.39, 0.29) is 24.8 Å². The second-order valence-electron chi connectivity index (χ2n) is 4.73. The molecule has 0 bridgehead atoms. The largest absolute Gasteiger partial charge is 0.458 e. The molecular formula is C12H20N2O5. The Morgan fingerprint density at radius 3 is 2.58 bits per heavy atom. The first-order valence-electron chi connectivity index (χ1n) is 6.67. The summed E-state index contributed by atoms with van der Waals surface area (Å²) < 4.78 is 5.26. The van der Waals surface area contributed by atoms with Gasteiger partial charge in [-0.05, 0) is 32.1 Å². The van der Waals surface area contributed by atoms with Crippen LogP contribution in [-0.2, 0) is 9.53 Å².